The fraction of sp³-hybridized carbons (Fsp3) is 0.500. The van der Waals surface area contributed by atoms with Gasteiger partial charge in [-0.15, -0.1) is 0 Å². The summed E-state index contributed by atoms with van der Waals surface area (Å²) in [7, 11) is -3.18. The van der Waals surface area contributed by atoms with Gasteiger partial charge in [-0.2, -0.15) is 4.98 Å². The van der Waals surface area contributed by atoms with E-state index in [0.29, 0.717) is 50.6 Å². The molecule has 1 aliphatic rings. The molecule has 1 aliphatic heterocycles. The van der Waals surface area contributed by atoms with Gasteiger partial charge in [0.25, 0.3) is 0 Å². The number of aromatic nitrogens is 2. The molecule has 1 N–H and O–H groups in total. The van der Waals surface area contributed by atoms with E-state index >= 15 is 0 Å². The molecule has 9 heteroatoms. The van der Waals surface area contributed by atoms with E-state index in [4.69, 9.17) is 4.52 Å². The van der Waals surface area contributed by atoms with Crippen molar-refractivity contribution in [1.29, 1.82) is 0 Å². The molecule has 0 unspecified atom stereocenters. The summed E-state index contributed by atoms with van der Waals surface area (Å²) in [6, 6.07) is 7.80. The highest BCUT2D eigenvalue weighted by molar-refractivity contribution is 7.88. The third kappa shape index (κ3) is 4.92. The van der Waals surface area contributed by atoms with E-state index < -0.39 is 10.0 Å². The molecule has 2 aromatic rings. The normalized spacial score (nSPS) is 16.4. The minimum Gasteiger partial charge on any atom is -0.355 e. The Hall–Kier alpha value is -2.26. The number of hydrogen-bond donors (Lipinski definition) is 1. The van der Waals surface area contributed by atoms with Crippen molar-refractivity contribution in [2.75, 3.05) is 25.9 Å². The molecule has 0 bridgehead atoms. The van der Waals surface area contributed by atoms with E-state index in [-0.39, 0.29) is 11.8 Å². The van der Waals surface area contributed by atoms with E-state index in [0.717, 1.165) is 11.1 Å². The van der Waals surface area contributed by atoms with Crippen LogP contribution in [-0.2, 0) is 21.2 Å². The summed E-state index contributed by atoms with van der Waals surface area (Å²) < 4.78 is 29.7. The lowest BCUT2D eigenvalue weighted by Gasteiger charge is -2.29. The Morgan fingerprint density at radius 2 is 2.00 bits per heavy atom. The Balaban J connectivity index is 1.47. The smallest absolute Gasteiger partial charge is 0.228 e. The molecule has 27 heavy (non-hydrogen) atoms. The summed E-state index contributed by atoms with van der Waals surface area (Å²) in [6.07, 6.45) is 2.73. The van der Waals surface area contributed by atoms with E-state index in [9.17, 15) is 13.2 Å². The Morgan fingerprint density at radius 3 is 2.67 bits per heavy atom. The molecule has 1 aromatic heterocycles. The topological polar surface area (TPSA) is 105 Å². The van der Waals surface area contributed by atoms with Gasteiger partial charge in [0.1, 0.15) is 0 Å². The minimum absolute atomic E-state index is 0.0539. The Morgan fingerprint density at radius 1 is 1.30 bits per heavy atom. The quantitative estimate of drug-likeness (QED) is 0.796. The van der Waals surface area contributed by atoms with Crippen molar-refractivity contribution in [1.82, 2.24) is 19.8 Å². The van der Waals surface area contributed by atoms with Gasteiger partial charge >= 0.3 is 0 Å². The van der Waals surface area contributed by atoms with Crippen LogP contribution in [0.1, 0.15) is 24.3 Å². The van der Waals surface area contributed by atoms with Crippen molar-refractivity contribution < 1.29 is 17.7 Å². The predicted molar refractivity (Wildman–Crippen MR) is 100 cm³/mol. The van der Waals surface area contributed by atoms with Gasteiger partial charge in [0.15, 0.2) is 0 Å². The summed E-state index contributed by atoms with van der Waals surface area (Å²) in [5.74, 6) is 0.804. The number of carbonyl (C=O) groups is 1. The average molecular weight is 392 g/mol. The van der Waals surface area contributed by atoms with Gasteiger partial charge in [-0.25, -0.2) is 12.7 Å². The number of amides is 1. The van der Waals surface area contributed by atoms with Crippen LogP contribution >= 0.6 is 0 Å². The van der Waals surface area contributed by atoms with Crippen LogP contribution in [0.25, 0.3) is 11.4 Å². The highest BCUT2D eigenvalue weighted by atomic mass is 32.2. The second-order valence-corrected chi connectivity index (χ2v) is 8.79. The zero-order chi connectivity index (χ0) is 19.4. The molecular formula is C18H24N4O4S. The molecule has 1 fully saturated rings. The van der Waals surface area contributed by atoms with E-state index in [1.54, 1.807) is 0 Å². The Kier molecular flexibility index (Phi) is 5.91. The van der Waals surface area contributed by atoms with Crippen molar-refractivity contribution in [3.8, 4) is 11.4 Å². The van der Waals surface area contributed by atoms with E-state index in [2.05, 4.69) is 15.5 Å². The molecule has 1 aromatic carbocycles. The number of sulfonamides is 1. The van der Waals surface area contributed by atoms with Crippen LogP contribution in [0.15, 0.2) is 28.8 Å². The molecule has 8 nitrogen and oxygen atoms in total. The number of benzene rings is 1. The first-order valence-electron chi connectivity index (χ1n) is 8.96. The molecule has 0 saturated carbocycles. The van der Waals surface area contributed by atoms with Gasteiger partial charge in [0, 0.05) is 37.5 Å². The molecular weight excluding hydrogens is 368 g/mol. The lowest BCUT2D eigenvalue weighted by Crippen LogP contribution is -2.42. The molecule has 2 heterocycles. The van der Waals surface area contributed by atoms with Crippen LogP contribution in [0.4, 0.5) is 0 Å². The first-order valence-corrected chi connectivity index (χ1v) is 10.8. The molecule has 0 spiro atoms. The number of piperidine rings is 1. The molecule has 1 saturated heterocycles. The third-order valence-corrected chi connectivity index (χ3v) is 6.09. The molecule has 0 radical (unpaired) electrons. The highest BCUT2D eigenvalue weighted by Gasteiger charge is 2.28. The van der Waals surface area contributed by atoms with Gasteiger partial charge in [-0.05, 0) is 25.3 Å². The second kappa shape index (κ2) is 8.18. The zero-order valence-corrected chi connectivity index (χ0v) is 16.3. The van der Waals surface area contributed by atoms with Crippen molar-refractivity contribution >= 4 is 15.9 Å². The summed E-state index contributed by atoms with van der Waals surface area (Å²) >= 11 is 0. The SMILES string of the molecule is Cc1ccccc1-c1noc(CCNC(=O)C2CCN(S(C)(=O)=O)CC2)n1. The van der Waals surface area contributed by atoms with Gasteiger partial charge in [-0.1, -0.05) is 29.4 Å². The largest absolute Gasteiger partial charge is 0.355 e. The molecule has 1 amide bonds. The molecule has 0 aliphatic carbocycles. The average Bonchev–Trinajstić information content (AvgIpc) is 3.10. The summed E-state index contributed by atoms with van der Waals surface area (Å²) in [6.45, 7) is 3.17. The number of carbonyl (C=O) groups excluding carboxylic acids is 1. The first kappa shape index (κ1) is 19.5. The number of nitrogens with zero attached hydrogens (tertiary/aromatic N) is 3. The fourth-order valence-corrected chi connectivity index (χ4v) is 4.05. The van der Waals surface area contributed by atoms with E-state index in [1.165, 1.54) is 10.6 Å². The van der Waals surface area contributed by atoms with Crippen LogP contribution in [0.2, 0.25) is 0 Å². The van der Waals surface area contributed by atoms with Crippen LogP contribution in [-0.4, -0.2) is 54.7 Å². The Labute approximate surface area is 159 Å². The predicted octanol–water partition coefficient (Wildman–Crippen LogP) is 1.38. The van der Waals surface area contributed by atoms with Gasteiger partial charge in [0.2, 0.25) is 27.6 Å². The van der Waals surface area contributed by atoms with Crippen LogP contribution in [0.5, 0.6) is 0 Å². The van der Waals surface area contributed by atoms with Crippen molar-refractivity contribution in [3.63, 3.8) is 0 Å². The van der Waals surface area contributed by atoms with Crippen LogP contribution in [0.3, 0.4) is 0 Å². The lowest BCUT2D eigenvalue weighted by molar-refractivity contribution is -0.126. The van der Waals surface area contributed by atoms with E-state index in [1.807, 2.05) is 31.2 Å². The monoisotopic (exact) mass is 392 g/mol. The summed E-state index contributed by atoms with van der Waals surface area (Å²) in [5, 5.41) is 6.89. The third-order valence-electron chi connectivity index (χ3n) is 4.79. The second-order valence-electron chi connectivity index (χ2n) is 6.80. The maximum Gasteiger partial charge on any atom is 0.228 e. The molecule has 0 atom stereocenters. The van der Waals surface area contributed by atoms with Gasteiger partial charge < -0.3 is 9.84 Å². The van der Waals surface area contributed by atoms with Crippen molar-refractivity contribution in [2.45, 2.75) is 26.2 Å². The summed E-state index contributed by atoms with van der Waals surface area (Å²) in [4.78, 5) is 16.7. The lowest BCUT2D eigenvalue weighted by atomic mass is 9.97. The van der Waals surface area contributed by atoms with Gasteiger partial charge in [0.05, 0.1) is 6.26 Å². The number of nitrogens with one attached hydrogen (secondary N) is 1. The Bertz CT molecular complexity index is 902. The minimum atomic E-state index is -3.18. The maximum absolute atomic E-state index is 12.3. The number of hydrogen-bond acceptors (Lipinski definition) is 6. The fourth-order valence-electron chi connectivity index (χ4n) is 3.18. The molecule has 3 rings (SSSR count). The van der Waals surface area contributed by atoms with Gasteiger partial charge in [-0.3, -0.25) is 4.79 Å². The summed E-state index contributed by atoms with van der Waals surface area (Å²) in [5.41, 5.74) is 1.99. The van der Waals surface area contributed by atoms with Crippen LogP contribution in [0, 0.1) is 12.8 Å². The van der Waals surface area contributed by atoms with Crippen molar-refractivity contribution in [3.05, 3.63) is 35.7 Å². The molecule has 146 valence electrons. The van der Waals surface area contributed by atoms with Crippen LogP contribution < -0.4 is 5.32 Å². The van der Waals surface area contributed by atoms with Crippen molar-refractivity contribution in [2.24, 2.45) is 5.92 Å². The standard InChI is InChI=1S/C18H24N4O4S/c1-13-5-3-4-6-15(13)17-20-16(26-21-17)7-10-19-18(23)14-8-11-22(12-9-14)27(2,24)25/h3-6,14H,7-12H2,1-2H3,(H,19,23). The highest BCUT2D eigenvalue weighted by Crippen LogP contribution is 2.20. The first-order chi connectivity index (χ1) is 12.8. The number of aryl methyl sites for hydroxylation is 1. The maximum atomic E-state index is 12.3. The number of rotatable bonds is 6. The zero-order valence-electron chi connectivity index (χ0n) is 15.5.